The predicted octanol–water partition coefficient (Wildman–Crippen LogP) is 6.11. The number of nitrogens with zero attached hydrogens (tertiary/aromatic N) is 2. The maximum atomic E-state index is 14.3. The van der Waals surface area contributed by atoms with Crippen LogP contribution in [0.2, 0.25) is 0 Å². The number of hydrogen-bond donors (Lipinski definition) is 0. The molecule has 0 spiro atoms. The summed E-state index contributed by atoms with van der Waals surface area (Å²) >= 11 is 4.75. The van der Waals surface area contributed by atoms with Crippen LogP contribution in [0.3, 0.4) is 0 Å². The molecule has 256 valence electrons. The minimum Gasteiger partial charge on any atom is -0.493 e. The van der Waals surface area contributed by atoms with Crippen molar-refractivity contribution in [1.29, 1.82) is 0 Å². The first-order valence-electron chi connectivity index (χ1n) is 15.8. The van der Waals surface area contributed by atoms with Crippen LogP contribution in [-0.2, 0) is 20.9 Å². The molecule has 4 aromatic rings. The second-order valence-electron chi connectivity index (χ2n) is 11.3. The maximum Gasteiger partial charge on any atom is 0.338 e. The highest BCUT2D eigenvalue weighted by Gasteiger charge is 2.34. The van der Waals surface area contributed by atoms with Crippen LogP contribution in [0.4, 0.5) is 0 Å². The third-order valence-electron chi connectivity index (χ3n) is 7.50. The molecule has 0 N–H and O–H groups in total. The monoisotopic (exact) mass is 748 g/mol. The van der Waals surface area contributed by atoms with Gasteiger partial charge in [0.05, 0.1) is 53.8 Å². The van der Waals surface area contributed by atoms with Crippen LogP contribution in [0, 0.1) is 0 Å². The summed E-state index contributed by atoms with van der Waals surface area (Å²) in [5, 5.41) is 0. The van der Waals surface area contributed by atoms with Gasteiger partial charge >= 0.3 is 11.9 Å². The van der Waals surface area contributed by atoms with Gasteiger partial charge in [-0.1, -0.05) is 45.5 Å². The molecular weight excluding hydrogens is 712 g/mol. The molecule has 5 rings (SSSR count). The lowest BCUT2D eigenvalue weighted by Crippen LogP contribution is -2.40. The van der Waals surface area contributed by atoms with E-state index >= 15 is 0 Å². The predicted molar refractivity (Wildman–Crippen MR) is 190 cm³/mol. The van der Waals surface area contributed by atoms with Gasteiger partial charge in [0, 0.05) is 10.0 Å². The van der Waals surface area contributed by atoms with E-state index in [0.29, 0.717) is 55.6 Å². The van der Waals surface area contributed by atoms with Crippen molar-refractivity contribution in [2.75, 3.05) is 20.3 Å². The summed E-state index contributed by atoms with van der Waals surface area (Å²) in [5.41, 5.74) is 3.01. The number of carbonyl (C=O) groups excluding carboxylic acids is 2. The minimum absolute atomic E-state index is 0.0848. The summed E-state index contributed by atoms with van der Waals surface area (Å²) in [5.74, 6) is 0.632. The van der Waals surface area contributed by atoms with Gasteiger partial charge in [0.1, 0.15) is 12.4 Å². The number of methoxy groups -OCH3 is 1. The zero-order valence-electron chi connectivity index (χ0n) is 28.1. The van der Waals surface area contributed by atoms with Crippen molar-refractivity contribution in [3.63, 3.8) is 0 Å². The zero-order chi connectivity index (χ0) is 35.2. The Balaban J connectivity index is 1.56. The van der Waals surface area contributed by atoms with Crippen LogP contribution >= 0.6 is 27.3 Å². The summed E-state index contributed by atoms with van der Waals surface area (Å²) in [4.78, 5) is 44.8. The average molecular weight is 750 g/mol. The first kappa shape index (κ1) is 35.6. The fourth-order valence-electron chi connectivity index (χ4n) is 5.33. The van der Waals surface area contributed by atoms with E-state index in [4.69, 9.17) is 23.7 Å². The van der Waals surface area contributed by atoms with Crippen LogP contribution < -0.4 is 29.1 Å². The molecule has 1 aliphatic rings. The number of rotatable bonds is 12. The fourth-order valence-corrected chi connectivity index (χ4v) is 6.75. The van der Waals surface area contributed by atoms with Crippen LogP contribution in [0.1, 0.15) is 67.7 Å². The summed E-state index contributed by atoms with van der Waals surface area (Å²) in [6, 6.07) is 17.1. The third-order valence-corrected chi connectivity index (χ3v) is 8.98. The molecule has 1 aromatic heterocycles. The van der Waals surface area contributed by atoms with Crippen molar-refractivity contribution in [1.82, 2.24) is 4.57 Å². The molecule has 0 saturated heterocycles. The highest BCUT2D eigenvalue weighted by atomic mass is 79.9. The van der Waals surface area contributed by atoms with Crippen LogP contribution in [0.5, 0.6) is 17.2 Å². The second-order valence-corrected chi connectivity index (χ2v) is 13.2. The molecule has 2 heterocycles. The molecule has 0 saturated carbocycles. The number of carbonyl (C=O) groups is 2. The third kappa shape index (κ3) is 7.97. The normalized spacial score (nSPS) is 14.3. The smallest absolute Gasteiger partial charge is 0.338 e. The van der Waals surface area contributed by atoms with Crippen molar-refractivity contribution < 1.29 is 33.3 Å². The molecule has 1 aliphatic heterocycles. The van der Waals surface area contributed by atoms with Gasteiger partial charge in [0.25, 0.3) is 5.56 Å². The molecule has 3 aromatic carbocycles. The van der Waals surface area contributed by atoms with E-state index in [9.17, 15) is 14.4 Å². The van der Waals surface area contributed by atoms with E-state index in [1.54, 1.807) is 58.2 Å². The number of halogens is 1. The Morgan fingerprint density at radius 3 is 2.33 bits per heavy atom. The number of ether oxygens (including phenoxy) is 5. The molecule has 0 radical (unpaired) electrons. The fraction of sp³-hybridized carbons (Fsp3) is 0.297. The number of aromatic nitrogens is 1. The lowest BCUT2D eigenvalue weighted by Gasteiger charge is -2.25. The lowest BCUT2D eigenvalue weighted by molar-refractivity contribution is -0.139. The quantitative estimate of drug-likeness (QED) is 0.160. The van der Waals surface area contributed by atoms with E-state index < -0.39 is 12.0 Å². The van der Waals surface area contributed by atoms with Crippen molar-refractivity contribution in [2.24, 2.45) is 4.99 Å². The molecule has 12 heteroatoms. The van der Waals surface area contributed by atoms with Crippen molar-refractivity contribution in [3.8, 4) is 17.2 Å². The maximum absolute atomic E-state index is 14.3. The number of hydrogen-bond acceptors (Lipinski definition) is 10. The molecule has 49 heavy (non-hydrogen) atoms. The lowest BCUT2D eigenvalue weighted by atomic mass is 9.95. The molecule has 0 bridgehead atoms. The van der Waals surface area contributed by atoms with E-state index in [0.717, 1.165) is 10.0 Å². The van der Waals surface area contributed by atoms with Gasteiger partial charge in [-0.3, -0.25) is 9.36 Å². The number of esters is 2. The minimum atomic E-state index is -0.824. The van der Waals surface area contributed by atoms with Gasteiger partial charge in [-0.25, -0.2) is 14.6 Å². The Labute approximate surface area is 296 Å². The Hall–Kier alpha value is -4.68. The van der Waals surface area contributed by atoms with Crippen molar-refractivity contribution >= 4 is 45.3 Å². The Morgan fingerprint density at radius 2 is 1.65 bits per heavy atom. The molecule has 1 atom stereocenters. The van der Waals surface area contributed by atoms with Gasteiger partial charge in [0.15, 0.2) is 16.3 Å². The summed E-state index contributed by atoms with van der Waals surface area (Å²) in [7, 11) is 1.54. The van der Waals surface area contributed by atoms with Gasteiger partial charge in [-0.2, -0.15) is 0 Å². The van der Waals surface area contributed by atoms with Crippen LogP contribution in [0.25, 0.3) is 6.08 Å². The van der Waals surface area contributed by atoms with Crippen molar-refractivity contribution in [2.45, 2.75) is 53.4 Å². The standard InChI is InChI=1S/C37H37BrN2O8S/c1-7-45-35(42)24-11-9-23(10-12-24)20-47-28-16-14-27(38)17-26(28)19-31-34(41)40-33(25-13-15-29(48-21(3)4)30(18-25)44-6)32(36(43)46-8-2)22(5)39-37(40)49-31/h9-19,21,33H,7-8,20H2,1-6H3/b31-19+/t33-/m0/s1. The highest BCUT2D eigenvalue weighted by Crippen LogP contribution is 2.36. The zero-order valence-corrected chi connectivity index (χ0v) is 30.5. The van der Waals surface area contributed by atoms with Gasteiger partial charge < -0.3 is 23.7 Å². The van der Waals surface area contributed by atoms with E-state index in [2.05, 4.69) is 20.9 Å². The SMILES string of the molecule is CCOC(=O)C1=C(C)N=c2s/c(=C/c3cc(Br)ccc3OCc3ccc(C(=O)OCC)cc3)c(=O)n2[C@H]1c1ccc(OC(C)C)c(OC)c1. The molecule has 0 fully saturated rings. The average Bonchev–Trinajstić information content (AvgIpc) is 3.37. The largest absolute Gasteiger partial charge is 0.493 e. The van der Waals surface area contributed by atoms with Gasteiger partial charge in [-0.05, 0) is 94.3 Å². The number of benzene rings is 3. The molecule has 10 nitrogen and oxygen atoms in total. The summed E-state index contributed by atoms with van der Waals surface area (Å²) in [6.45, 7) is 9.77. The van der Waals surface area contributed by atoms with Gasteiger partial charge in [0.2, 0.25) is 0 Å². The van der Waals surface area contributed by atoms with Crippen molar-refractivity contribution in [3.05, 3.63) is 118 Å². The Bertz CT molecular complexity index is 2080. The Kier molecular flexibility index (Phi) is 11.4. The number of thiazole rings is 1. The topological polar surface area (TPSA) is 115 Å². The van der Waals surface area contributed by atoms with E-state index in [-0.39, 0.29) is 36.4 Å². The van der Waals surface area contributed by atoms with Gasteiger partial charge in [-0.15, -0.1) is 0 Å². The second kappa shape index (κ2) is 15.7. The van der Waals surface area contributed by atoms with Crippen LogP contribution in [0.15, 0.2) is 86.2 Å². The van der Waals surface area contributed by atoms with E-state index in [1.165, 1.54) is 15.9 Å². The molecular formula is C37H37BrN2O8S. The molecule has 0 unspecified atom stereocenters. The van der Waals surface area contributed by atoms with E-state index in [1.807, 2.05) is 50.2 Å². The summed E-state index contributed by atoms with van der Waals surface area (Å²) in [6.07, 6.45) is 1.67. The van der Waals surface area contributed by atoms with Crippen LogP contribution in [-0.4, -0.2) is 42.9 Å². The Morgan fingerprint density at radius 1 is 0.959 bits per heavy atom. The molecule has 0 aliphatic carbocycles. The first-order chi connectivity index (χ1) is 23.5. The first-order valence-corrected chi connectivity index (χ1v) is 17.4. The highest BCUT2D eigenvalue weighted by molar-refractivity contribution is 9.10. The summed E-state index contributed by atoms with van der Waals surface area (Å²) < 4.78 is 31.0. The number of allylic oxidation sites excluding steroid dienone is 1. The molecule has 0 amide bonds. The number of fused-ring (bicyclic) bond motifs is 1.